The van der Waals surface area contributed by atoms with Gasteiger partial charge in [-0.1, -0.05) is 29.8 Å². The van der Waals surface area contributed by atoms with Gasteiger partial charge in [0.1, 0.15) is 17.2 Å². The standard InChI is InChI=1S/C20H13ClF2N4O3S/c1-31(29,30)26-20(28)13-8-11(21)9-17(18(13)23)27-16-5-3-2-4-12(16)19(25-27)14-10-24-7-6-15(14)22/h2-10H,1H3,(H,26,28). The number of pyridine rings is 1. The van der Waals surface area contributed by atoms with Crippen molar-refractivity contribution in [1.82, 2.24) is 19.5 Å². The van der Waals surface area contributed by atoms with Crippen molar-refractivity contribution in [1.29, 1.82) is 0 Å². The molecule has 0 atom stereocenters. The maximum absolute atomic E-state index is 15.3. The molecule has 2 aromatic heterocycles. The van der Waals surface area contributed by atoms with E-state index in [2.05, 4.69) is 10.1 Å². The van der Waals surface area contributed by atoms with Crippen LogP contribution in [0, 0.1) is 11.6 Å². The summed E-state index contributed by atoms with van der Waals surface area (Å²) in [5.74, 6) is -2.79. The number of fused-ring (bicyclic) bond motifs is 1. The third kappa shape index (κ3) is 3.99. The number of halogens is 3. The highest BCUT2D eigenvalue weighted by molar-refractivity contribution is 7.89. The van der Waals surface area contributed by atoms with Gasteiger partial charge in [-0.05, 0) is 24.3 Å². The Hall–Kier alpha value is -3.37. The molecule has 1 N–H and O–H groups in total. The van der Waals surface area contributed by atoms with Crippen molar-refractivity contribution >= 4 is 38.4 Å². The Morgan fingerprint density at radius 2 is 1.90 bits per heavy atom. The van der Waals surface area contributed by atoms with Gasteiger partial charge in [-0.3, -0.25) is 9.78 Å². The summed E-state index contributed by atoms with van der Waals surface area (Å²) in [6.45, 7) is 0. The lowest BCUT2D eigenvalue weighted by Gasteiger charge is -2.10. The Morgan fingerprint density at radius 1 is 1.16 bits per heavy atom. The van der Waals surface area contributed by atoms with Crippen molar-refractivity contribution in [2.45, 2.75) is 0 Å². The van der Waals surface area contributed by atoms with Gasteiger partial charge in [0.25, 0.3) is 5.91 Å². The van der Waals surface area contributed by atoms with Crippen LogP contribution in [0.1, 0.15) is 10.4 Å². The number of hydrogen-bond donors (Lipinski definition) is 1. The van der Waals surface area contributed by atoms with Gasteiger partial charge in [-0.2, -0.15) is 5.10 Å². The van der Waals surface area contributed by atoms with Crippen LogP contribution in [-0.4, -0.2) is 35.3 Å². The maximum Gasteiger partial charge on any atom is 0.267 e. The van der Waals surface area contributed by atoms with Crippen molar-refractivity contribution in [2.75, 3.05) is 6.26 Å². The fourth-order valence-electron chi connectivity index (χ4n) is 3.12. The summed E-state index contributed by atoms with van der Waals surface area (Å²) in [5.41, 5.74) is -0.0615. The predicted molar refractivity (Wildman–Crippen MR) is 112 cm³/mol. The molecule has 0 aliphatic heterocycles. The molecule has 158 valence electrons. The lowest BCUT2D eigenvalue weighted by molar-refractivity contribution is 0.0977. The van der Waals surface area contributed by atoms with E-state index >= 15 is 4.39 Å². The topological polar surface area (TPSA) is 94.0 Å². The van der Waals surface area contributed by atoms with Crippen LogP contribution in [0.25, 0.3) is 27.8 Å². The van der Waals surface area contributed by atoms with Crippen LogP contribution < -0.4 is 4.72 Å². The Morgan fingerprint density at radius 3 is 2.61 bits per heavy atom. The maximum atomic E-state index is 15.3. The number of amides is 1. The van der Waals surface area contributed by atoms with Gasteiger partial charge < -0.3 is 0 Å². The summed E-state index contributed by atoms with van der Waals surface area (Å²) < 4.78 is 55.4. The zero-order valence-corrected chi connectivity index (χ0v) is 17.4. The molecule has 2 aromatic carbocycles. The molecule has 1 amide bonds. The minimum atomic E-state index is -3.93. The van der Waals surface area contributed by atoms with Crippen LogP contribution >= 0.6 is 11.6 Å². The van der Waals surface area contributed by atoms with Gasteiger partial charge in [-0.15, -0.1) is 0 Å². The minimum absolute atomic E-state index is 0.0243. The molecule has 0 aliphatic rings. The van der Waals surface area contributed by atoms with E-state index in [-0.39, 0.29) is 22.0 Å². The van der Waals surface area contributed by atoms with Crippen LogP contribution in [0.15, 0.2) is 54.9 Å². The largest absolute Gasteiger partial charge is 0.268 e. The molecule has 0 aliphatic carbocycles. The molecule has 0 saturated heterocycles. The number of carbonyl (C=O) groups is 1. The van der Waals surface area contributed by atoms with Gasteiger partial charge in [0.2, 0.25) is 10.0 Å². The first kappa shape index (κ1) is 20.9. The number of rotatable bonds is 4. The fourth-order valence-corrected chi connectivity index (χ4v) is 3.78. The summed E-state index contributed by atoms with van der Waals surface area (Å²) >= 11 is 6.08. The lowest BCUT2D eigenvalue weighted by Crippen LogP contribution is -2.30. The first-order chi connectivity index (χ1) is 14.7. The van der Waals surface area contributed by atoms with E-state index in [1.165, 1.54) is 29.2 Å². The van der Waals surface area contributed by atoms with Crippen LogP contribution in [0.4, 0.5) is 8.78 Å². The molecule has 7 nitrogen and oxygen atoms in total. The molecule has 0 saturated carbocycles. The van der Waals surface area contributed by atoms with Gasteiger partial charge in [-0.25, -0.2) is 26.6 Å². The third-order valence-electron chi connectivity index (χ3n) is 4.38. The molecule has 0 unspecified atom stereocenters. The van der Waals surface area contributed by atoms with Gasteiger partial charge >= 0.3 is 0 Å². The first-order valence-electron chi connectivity index (χ1n) is 8.75. The smallest absolute Gasteiger partial charge is 0.267 e. The van der Waals surface area contributed by atoms with Crippen molar-refractivity contribution in [2.24, 2.45) is 0 Å². The van der Waals surface area contributed by atoms with Crippen LogP contribution in [0.3, 0.4) is 0 Å². The predicted octanol–water partition coefficient (Wildman–Crippen LogP) is 3.71. The normalized spacial score (nSPS) is 11.6. The molecular weight excluding hydrogens is 450 g/mol. The molecular formula is C20H13ClF2N4O3S. The molecule has 0 fully saturated rings. The summed E-state index contributed by atoms with van der Waals surface area (Å²) in [5, 5.41) is 4.84. The van der Waals surface area contributed by atoms with E-state index in [0.717, 1.165) is 12.3 Å². The second-order valence-electron chi connectivity index (χ2n) is 6.62. The second-order valence-corrected chi connectivity index (χ2v) is 8.81. The quantitative estimate of drug-likeness (QED) is 0.499. The first-order valence-corrected chi connectivity index (χ1v) is 11.0. The van der Waals surface area contributed by atoms with Gasteiger partial charge in [0.15, 0.2) is 5.82 Å². The van der Waals surface area contributed by atoms with E-state index in [0.29, 0.717) is 10.9 Å². The average molecular weight is 463 g/mol. The lowest BCUT2D eigenvalue weighted by atomic mass is 10.1. The van der Waals surface area contributed by atoms with Gasteiger partial charge in [0.05, 0.1) is 22.9 Å². The molecule has 11 heteroatoms. The van der Waals surface area contributed by atoms with E-state index in [1.807, 2.05) is 0 Å². The van der Waals surface area contributed by atoms with Crippen molar-refractivity contribution in [3.8, 4) is 16.9 Å². The number of para-hydroxylation sites is 1. The fraction of sp³-hybridized carbons (Fsp3) is 0.0500. The zero-order valence-electron chi connectivity index (χ0n) is 15.8. The number of sulfonamides is 1. The van der Waals surface area contributed by atoms with Crippen LogP contribution in [0.2, 0.25) is 5.02 Å². The average Bonchev–Trinajstić information content (AvgIpc) is 3.08. The van der Waals surface area contributed by atoms with Gasteiger partial charge in [0, 0.05) is 22.8 Å². The Kier molecular flexibility index (Phi) is 5.19. The Balaban J connectivity index is 1.97. The third-order valence-corrected chi connectivity index (χ3v) is 5.15. The van der Waals surface area contributed by atoms with Crippen molar-refractivity contribution < 1.29 is 22.0 Å². The molecule has 0 radical (unpaired) electrons. The van der Waals surface area contributed by atoms with Crippen LogP contribution in [0.5, 0.6) is 0 Å². The number of carbonyl (C=O) groups excluding carboxylic acids is 1. The molecule has 4 rings (SSSR count). The zero-order chi connectivity index (χ0) is 22.3. The number of benzene rings is 2. The number of aromatic nitrogens is 3. The highest BCUT2D eigenvalue weighted by Crippen LogP contribution is 2.33. The summed E-state index contributed by atoms with van der Waals surface area (Å²) in [6.07, 6.45) is 3.36. The monoisotopic (exact) mass is 462 g/mol. The molecule has 0 bridgehead atoms. The summed E-state index contributed by atoms with van der Waals surface area (Å²) in [6, 6.07) is 10.1. The molecule has 0 spiro atoms. The molecule has 2 heterocycles. The van der Waals surface area contributed by atoms with E-state index < -0.39 is 33.1 Å². The highest BCUT2D eigenvalue weighted by Gasteiger charge is 2.23. The number of nitrogens with one attached hydrogen (secondary N) is 1. The Labute approximate surface area is 180 Å². The van der Waals surface area contributed by atoms with E-state index in [1.54, 1.807) is 29.0 Å². The number of nitrogens with zero attached hydrogens (tertiary/aromatic N) is 3. The summed E-state index contributed by atoms with van der Waals surface area (Å²) in [7, 11) is -3.93. The number of hydrogen-bond acceptors (Lipinski definition) is 5. The second kappa shape index (κ2) is 7.71. The molecule has 4 aromatic rings. The van der Waals surface area contributed by atoms with Crippen molar-refractivity contribution in [3.05, 3.63) is 77.1 Å². The van der Waals surface area contributed by atoms with E-state index in [4.69, 9.17) is 11.6 Å². The SMILES string of the molecule is CS(=O)(=O)NC(=O)c1cc(Cl)cc(-n2nc(-c3cnccc3F)c3ccccc32)c1F. The summed E-state index contributed by atoms with van der Waals surface area (Å²) in [4.78, 5) is 16.2. The van der Waals surface area contributed by atoms with Crippen molar-refractivity contribution in [3.63, 3.8) is 0 Å². The minimum Gasteiger partial charge on any atom is -0.268 e. The van der Waals surface area contributed by atoms with Crippen LogP contribution in [-0.2, 0) is 10.0 Å². The highest BCUT2D eigenvalue weighted by atomic mass is 35.5. The Bertz CT molecular complexity index is 1450. The van der Waals surface area contributed by atoms with E-state index in [9.17, 15) is 17.6 Å². The molecule has 31 heavy (non-hydrogen) atoms.